The molecule has 1 atom stereocenters. The summed E-state index contributed by atoms with van der Waals surface area (Å²) in [6.45, 7) is 9.10. The zero-order chi connectivity index (χ0) is 16.7. The van der Waals surface area contributed by atoms with Crippen LogP contribution < -0.4 is 0 Å². The lowest BCUT2D eigenvalue weighted by Crippen LogP contribution is -2.12. The number of thioether (sulfide) groups is 1. The normalized spacial score (nSPS) is 20.3. The summed E-state index contributed by atoms with van der Waals surface area (Å²) in [6, 6.07) is 0. The van der Waals surface area contributed by atoms with E-state index < -0.39 is 8.80 Å². The minimum atomic E-state index is -0.833. The summed E-state index contributed by atoms with van der Waals surface area (Å²) in [4.78, 5) is 6.02. The largest absolute Gasteiger partial charge is 0.227 e. The van der Waals surface area contributed by atoms with E-state index in [2.05, 4.69) is 61.3 Å². The Hall–Kier alpha value is -0.763. The van der Waals surface area contributed by atoms with Crippen LogP contribution in [0.1, 0.15) is 56.7 Å². The molecule has 0 spiro atoms. The highest BCUT2D eigenvalue weighted by atomic mass is 32.2. The topological polar surface area (TPSA) is 12.9 Å². The second-order valence-corrected chi connectivity index (χ2v) is 11.1. The molecule has 1 aliphatic heterocycles. The molecule has 0 amide bonds. The summed E-state index contributed by atoms with van der Waals surface area (Å²) in [6.07, 6.45) is 11.3. The van der Waals surface area contributed by atoms with E-state index in [1.54, 1.807) is 23.1 Å². The summed E-state index contributed by atoms with van der Waals surface area (Å²) in [7, 11) is -0.833. The molecule has 0 bridgehead atoms. The Morgan fingerprint density at radius 1 is 1.26 bits per heavy atom. The fourth-order valence-electron chi connectivity index (χ4n) is 2.51. The molecule has 0 aromatic carbocycles. The van der Waals surface area contributed by atoms with Gasteiger partial charge in [0.05, 0.1) is 0 Å². The molecule has 0 radical (unpaired) electrons. The maximum absolute atomic E-state index is 4.73. The molecule has 0 aliphatic carbocycles. The highest BCUT2D eigenvalue weighted by molar-refractivity contribution is 8.11. The third-order valence-electron chi connectivity index (χ3n) is 3.88. The van der Waals surface area contributed by atoms with E-state index in [1.165, 1.54) is 37.0 Å². The van der Waals surface area contributed by atoms with Crippen molar-refractivity contribution in [2.24, 2.45) is 5.41 Å². The molecule has 1 aromatic heterocycles. The number of hydrogen-bond acceptors (Lipinski definition) is 3. The van der Waals surface area contributed by atoms with E-state index in [-0.39, 0.29) is 5.41 Å². The van der Waals surface area contributed by atoms with E-state index in [9.17, 15) is 0 Å². The van der Waals surface area contributed by atoms with Crippen molar-refractivity contribution in [3.05, 3.63) is 33.6 Å². The molecule has 2 heterocycles. The Morgan fingerprint density at radius 3 is 2.83 bits per heavy atom. The van der Waals surface area contributed by atoms with Crippen LogP contribution in [0.3, 0.4) is 0 Å². The molecule has 0 N–H and O–H groups in total. The number of thiazole rings is 1. The van der Waals surface area contributed by atoms with Gasteiger partial charge < -0.3 is 0 Å². The van der Waals surface area contributed by atoms with Crippen molar-refractivity contribution in [3.63, 3.8) is 0 Å². The van der Waals surface area contributed by atoms with Crippen molar-refractivity contribution >= 4 is 36.8 Å². The fraction of sp³-hybridized carbons (Fsp3) is 0.526. The van der Waals surface area contributed by atoms with Crippen molar-refractivity contribution in [2.45, 2.75) is 59.0 Å². The Labute approximate surface area is 151 Å². The highest BCUT2D eigenvalue weighted by Crippen LogP contribution is 2.42. The predicted molar refractivity (Wildman–Crippen MR) is 109 cm³/mol. The zero-order valence-corrected chi connectivity index (χ0v) is 17.5. The Kier molecular flexibility index (Phi) is 7.20. The highest BCUT2D eigenvalue weighted by Gasteiger charge is 2.23. The molecular formula is C19H27NS2Si. The van der Waals surface area contributed by atoms with E-state index in [0.29, 0.717) is 0 Å². The predicted octanol–water partition coefficient (Wildman–Crippen LogP) is 6.10. The van der Waals surface area contributed by atoms with Crippen molar-refractivity contribution < 1.29 is 0 Å². The van der Waals surface area contributed by atoms with Gasteiger partial charge in [0.2, 0.25) is 0 Å². The molecule has 1 unspecified atom stereocenters. The van der Waals surface area contributed by atoms with Crippen LogP contribution in [0.25, 0.3) is 4.91 Å². The molecule has 2 rings (SSSR count). The van der Waals surface area contributed by atoms with Crippen LogP contribution in [-0.4, -0.2) is 13.8 Å². The van der Waals surface area contributed by atoms with Gasteiger partial charge in [-0.05, 0) is 11.8 Å². The third kappa shape index (κ3) is 5.98. The molecule has 0 saturated heterocycles. The first-order chi connectivity index (χ1) is 11.0. The lowest BCUT2D eigenvalue weighted by Gasteiger charge is -2.26. The first-order valence-corrected chi connectivity index (χ1v) is 13.2. The number of hydrogen-bond donors (Lipinski definition) is 0. The summed E-state index contributed by atoms with van der Waals surface area (Å²) in [5.74, 6) is 3.23. The smallest absolute Gasteiger partial charge is 0.131 e. The van der Waals surface area contributed by atoms with Gasteiger partial charge in [-0.25, -0.2) is 4.98 Å². The van der Waals surface area contributed by atoms with Crippen LogP contribution in [0.4, 0.5) is 0 Å². The zero-order valence-electron chi connectivity index (χ0n) is 14.7. The van der Waals surface area contributed by atoms with Gasteiger partial charge in [0.1, 0.15) is 19.5 Å². The van der Waals surface area contributed by atoms with Gasteiger partial charge in [-0.3, -0.25) is 0 Å². The molecule has 1 nitrogen and oxygen atoms in total. The van der Waals surface area contributed by atoms with Gasteiger partial charge in [-0.2, -0.15) is 0 Å². The third-order valence-corrected chi connectivity index (χ3v) is 6.44. The molecule has 124 valence electrons. The summed E-state index contributed by atoms with van der Waals surface area (Å²) in [5, 5.41) is 5.45. The molecule has 0 saturated carbocycles. The summed E-state index contributed by atoms with van der Waals surface area (Å²) < 4.78 is 0. The molecule has 1 aromatic rings. The van der Waals surface area contributed by atoms with Crippen LogP contribution >= 0.6 is 23.1 Å². The monoisotopic (exact) mass is 361 g/mol. The molecule has 23 heavy (non-hydrogen) atoms. The van der Waals surface area contributed by atoms with Gasteiger partial charge in [-0.1, -0.05) is 82.5 Å². The molecule has 0 fully saturated rings. The van der Waals surface area contributed by atoms with Gasteiger partial charge >= 0.3 is 0 Å². The first-order valence-electron chi connectivity index (χ1n) is 8.57. The van der Waals surface area contributed by atoms with Crippen molar-refractivity contribution in [1.29, 1.82) is 0 Å². The number of unbranched alkanes of at least 4 members (excludes halogenated alkanes) is 3. The van der Waals surface area contributed by atoms with E-state index in [1.807, 2.05) is 0 Å². The Bertz CT molecular complexity index is 633. The van der Waals surface area contributed by atoms with Crippen molar-refractivity contribution in [1.82, 2.24) is 4.98 Å². The quantitative estimate of drug-likeness (QED) is 0.345. The van der Waals surface area contributed by atoms with Gasteiger partial charge in [0.25, 0.3) is 0 Å². The maximum atomic E-state index is 4.73. The van der Waals surface area contributed by atoms with E-state index in [4.69, 9.17) is 4.98 Å². The van der Waals surface area contributed by atoms with Crippen molar-refractivity contribution in [3.8, 4) is 11.5 Å². The molecule has 4 heteroatoms. The van der Waals surface area contributed by atoms with Crippen LogP contribution in [0.2, 0.25) is 13.1 Å². The SMILES string of the molecule is CCCCCCC1(C)C=CSC(c2nc(C#C[SiH](C)C)cs2)=C1. The minimum absolute atomic E-state index is 0.177. The second kappa shape index (κ2) is 8.91. The average Bonchev–Trinajstić information content (AvgIpc) is 2.99. The standard InChI is InChI=1S/C19H27NS2Si/c1-5-6-7-8-10-19(2)11-12-21-17(14-19)18-20-16(15-22-18)9-13-23(3)4/h11-12,14-15,23H,5-8,10H2,1-4H3. The average molecular weight is 362 g/mol. The second-order valence-electron chi connectivity index (χ2n) is 6.71. The minimum Gasteiger partial charge on any atom is -0.227 e. The number of nitrogens with zero attached hydrogens (tertiary/aromatic N) is 1. The Balaban J connectivity index is 2.06. The van der Waals surface area contributed by atoms with Crippen molar-refractivity contribution in [2.75, 3.05) is 0 Å². The number of aromatic nitrogens is 1. The molecular weight excluding hydrogens is 334 g/mol. The van der Waals surface area contributed by atoms with Gasteiger partial charge in [0, 0.05) is 15.7 Å². The number of rotatable bonds is 6. The van der Waals surface area contributed by atoms with Crippen LogP contribution in [0.5, 0.6) is 0 Å². The van der Waals surface area contributed by atoms with E-state index in [0.717, 1.165) is 10.7 Å². The number of allylic oxidation sites excluding steroid dienone is 2. The van der Waals surface area contributed by atoms with Gasteiger partial charge in [0.15, 0.2) is 0 Å². The van der Waals surface area contributed by atoms with Crippen LogP contribution in [0, 0.1) is 16.9 Å². The molecule has 1 aliphatic rings. The van der Waals surface area contributed by atoms with E-state index >= 15 is 0 Å². The van der Waals surface area contributed by atoms with Crippen LogP contribution in [0.15, 0.2) is 22.9 Å². The fourth-order valence-corrected chi connectivity index (χ4v) is 4.90. The lowest BCUT2D eigenvalue weighted by atomic mass is 9.84. The Morgan fingerprint density at radius 2 is 2.09 bits per heavy atom. The maximum Gasteiger partial charge on any atom is 0.131 e. The summed E-state index contributed by atoms with van der Waals surface area (Å²) in [5.41, 5.74) is 4.44. The van der Waals surface area contributed by atoms with Crippen LogP contribution in [-0.2, 0) is 0 Å². The van der Waals surface area contributed by atoms with Gasteiger partial charge in [-0.15, -0.1) is 16.9 Å². The first kappa shape index (κ1) is 18.6. The summed E-state index contributed by atoms with van der Waals surface area (Å²) >= 11 is 3.51. The lowest BCUT2D eigenvalue weighted by molar-refractivity contribution is 0.462.